The van der Waals surface area contributed by atoms with Gasteiger partial charge in [0, 0.05) is 49.3 Å². The number of amidine groups is 3. The molecule has 56 heavy (non-hydrogen) atoms. The highest BCUT2D eigenvalue weighted by Crippen LogP contribution is 2.34. The Bertz CT molecular complexity index is 1910. The smallest absolute Gasteiger partial charge is 0.435 e. The zero-order valence-corrected chi connectivity index (χ0v) is 31.8. The minimum Gasteiger partial charge on any atom is -0.497 e. The molecular formula is C37H45FN8O10. The van der Waals surface area contributed by atoms with Crippen LogP contribution in [0.4, 0.5) is 20.8 Å². The molecule has 0 fully saturated rings. The average molecular weight is 781 g/mol. The molecule has 0 bridgehead atoms. The van der Waals surface area contributed by atoms with Gasteiger partial charge in [0.15, 0.2) is 17.4 Å². The van der Waals surface area contributed by atoms with Crippen molar-refractivity contribution in [2.24, 2.45) is 21.1 Å². The van der Waals surface area contributed by atoms with Gasteiger partial charge in [-0.25, -0.2) is 19.2 Å². The monoisotopic (exact) mass is 780 g/mol. The first-order valence-corrected chi connectivity index (χ1v) is 16.8. The number of carbonyl (C=O) groups is 3. The summed E-state index contributed by atoms with van der Waals surface area (Å²) in [6.07, 6.45) is 1.98. The van der Waals surface area contributed by atoms with Crippen LogP contribution in [0.5, 0.6) is 11.5 Å². The predicted molar refractivity (Wildman–Crippen MR) is 203 cm³/mol. The third kappa shape index (κ3) is 14.0. The van der Waals surface area contributed by atoms with Crippen LogP contribution in [0.2, 0.25) is 0 Å². The van der Waals surface area contributed by atoms with Crippen LogP contribution >= 0.6 is 0 Å². The van der Waals surface area contributed by atoms with E-state index in [1.807, 2.05) is 0 Å². The number of halogens is 1. The SMILES string of the molecule is C=C(C)COC(=O)/N=C(\N)c1ccc(N[C@@H](C(=N)/N=C(\Nc2ncccn2)OCOC(=O)C(C)(C)COC)c2cc(OC)cc(OCCOC(C)=O)c2F)cc1. The van der Waals surface area contributed by atoms with Crippen molar-refractivity contribution < 1.29 is 51.9 Å². The molecule has 2 aromatic carbocycles. The number of nitrogens with zero attached hydrogens (tertiary/aromatic N) is 4. The van der Waals surface area contributed by atoms with E-state index in [-0.39, 0.29) is 61.3 Å². The summed E-state index contributed by atoms with van der Waals surface area (Å²) >= 11 is 0. The number of nitrogens with two attached hydrogens (primary N) is 1. The molecule has 0 spiro atoms. The van der Waals surface area contributed by atoms with E-state index in [9.17, 15) is 14.4 Å². The zero-order chi connectivity index (χ0) is 41.3. The third-order valence-electron chi connectivity index (χ3n) is 7.10. The fourth-order valence-electron chi connectivity index (χ4n) is 4.42. The fourth-order valence-corrected chi connectivity index (χ4v) is 4.42. The van der Waals surface area contributed by atoms with Crippen molar-refractivity contribution in [1.82, 2.24) is 9.97 Å². The molecule has 0 saturated heterocycles. The van der Waals surface area contributed by atoms with E-state index in [0.29, 0.717) is 16.8 Å². The summed E-state index contributed by atoms with van der Waals surface area (Å²) in [6, 6.07) is 8.57. The molecule has 0 unspecified atom stereocenters. The number of amides is 1. The highest BCUT2D eigenvalue weighted by atomic mass is 19.1. The van der Waals surface area contributed by atoms with E-state index in [4.69, 9.17) is 44.3 Å². The predicted octanol–water partition coefficient (Wildman–Crippen LogP) is 4.77. The maximum Gasteiger partial charge on any atom is 0.435 e. The second-order valence-corrected chi connectivity index (χ2v) is 12.4. The van der Waals surface area contributed by atoms with Gasteiger partial charge in [0.2, 0.25) is 12.7 Å². The van der Waals surface area contributed by atoms with Gasteiger partial charge in [-0.2, -0.15) is 9.98 Å². The summed E-state index contributed by atoms with van der Waals surface area (Å²) in [7, 11) is 2.80. The van der Waals surface area contributed by atoms with Gasteiger partial charge in [0.1, 0.15) is 37.4 Å². The van der Waals surface area contributed by atoms with Gasteiger partial charge >= 0.3 is 24.1 Å². The highest BCUT2D eigenvalue weighted by molar-refractivity contribution is 6.03. The first kappa shape index (κ1) is 43.8. The van der Waals surface area contributed by atoms with Gasteiger partial charge in [-0.1, -0.05) is 6.58 Å². The molecule has 1 aromatic heterocycles. The molecule has 0 aliphatic carbocycles. The largest absolute Gasteiger partial charge is 0.497 e. The lowest BCUT2D eigenvalue weighted by Gasteiger charge is -2.23. The lowest BCUT2D eigenvalue weighted by Crippen LogP contribution is -2.32. The lowest BCUT2D eigenvalue weighted by molar-refractivity contribution is -0.164. The summed E-state index contributed by atoms with van der Waals surface area (Å²) in [5, 5.41) is 14.9. The number of aliphatic imine (C=N–C) groups is 2. The van der Waals surface area contributed by atoms with Crippen molar-refractivity contribution >= 4 is 47.4 Å². The molecular weight excluding hydrogens is 735 g/mol. The van der Waals surface area contributed by atoms with Crippen molar-refractivity contribution in [3.63, 3.8) is 0 Å². The number of ether oxygens (including phenoxy) is 7. The lowest BCUT2D eigenvalue weighted by atomic mass is 9.95. The Hall–Kier alpha value is -6.63. The number of anilines is 2. The topological polar surface area (TPSA) is 240 Å². The Labute approximate surface area is 322 Å². The molecule has 300 valence electrons. The van der Waals surface area contributed by atoms with Crippen LogP contribution in [0.1, 0.15) is 44.9 Å². The Morgan fingerprint density at radius 1 is 1.00 bits per heavy atom. The van der Waals surface area contributed by atoms with Gasteiger partial charge in [0.25, 0.3) is 0 Å². The van der Waals surface area contributed by atoms with E-state index in [2.05, 4.69) is 37.2 Å². The van der Waals surface area contributed by atoms with Crippen LogP contribution in [-0.4, -0.2) is 93.1 Å². The van der Waals surface area contributed by atoms with Crippen molar-refractivity contribution in [2.75, 3.05) is 58.1 Å². The van der Waals surface area contributed by atoms with Gasteiger partial charge < -0.3 is 44.2 Å². The second kappa shape index (κ2) is 21.3. The summed E-state index contributed by atoms with van der Waals surface area (Å²) in [6.45, 7) is 8.88. The number of benzene rings is 2. The Balaban J connectivity index is 2.04. The molecule has 0 saturated carbocycles. The minimum atomic E-state index is -1.39. The first-order valence-electron chi connectivity index (χ1n) is 16.8. The van der Waals surface area contributed by atoms with Crippen LogP contribution < -0.4 is 25.8 Å². The number of rotatable bonds is 18. The van der Waals surface area contributed by atoms with Gasteiger partial charge in [-0.05, 0) is 62.7 Å². The van der Waals surface area contributed by atoms with E-state index in [0.717, 1.165) is 0 Å². The molecule has 1 amide bonds. The maximum atomic E-state index is 16.4. The number of esters is 2. The van der Waals surface area contributed by atoms with Crippen molar-refractivity contribution in [2.45, 2.75) is 33.7 Å². The molecule has 1 atom stereocenters. The fraction of sp³-hybridized carbons (Fsp3) is 0.351. The Morgan fingerprint density at radius 2 is 1.70 bits per heavy atom. The molecule has 5 N–H and O–H groups in total. The summed E-state index contributed by atoms with van der Waals surface area (Å²) < 4.78 is 53.2. The van der Waals surface area contributed by atoms with Crippen LogP contribution in [0.25, 0.3) is 0 Å². The van der Waals surface area contributed by atoms with E-state index < -0.39 is 47.9 Å². The maximum absolute atomic E-state index is 16.4. The zero-order valence-electron chi connectivity index (χ0n) is 31.8. The highest BCUT2D eigenvalue weighted by Gasteiger charge is 2.30. The third-order valence-corrected chi connectivity index (χ3v) is 7.10. The Kier molecular flexibility index (Phi) is 16.7. The first-order chi connectivity index (χ1) is 26.6. The average Bonchev–Trinajstić information content (AvgIpc) is 3.15. The molecule has 0 aliphatic rings. The normalized spacial score (nSPS) is 12.1. The van der Waals surface area contributed by atoms with Crippen LogP contribution in [0.3, 0.4) is 0 Å². The summed E-state index contributed by atoms with van der Waals surface area (Å²) in [5.74, 6) is -2.84. The van der Waals surface area contributed by atoms with E-state index >= 15 is 4.39 Å². The number of carbonyl (C=O) groups excluding carboxylic acids is 3. The van der Waals surface area contributed by atoms with Crippen molar-refractivity contribution in [3.8, 4) is 11.5 Å². The molecule has 19 heteroatoms. The quantitative estimate of drug-likeness (QED) is 0.0259. The summed E-state index contributed by atoms with van der Waals surface area (Å²) in [5.41, 5.74) is 6.18. The summed E-state index contributed by atoms with van der Waals surface area (Å²) in [4.78, 5) is 52.2. The van der Waals surface area contributed by atoms with Gasteiger partial charge in [-0.15, -0.1) is 0 Å². The second-order valence-electron chi connectivity index (χ2n) is 12.4. The van der Waals surface area contributed by atoms with Crippen LogP contribution in [-0.2, 0) is 33.3 Å². The minimum absolute atomic E-state index is 0.0176. The molecule has 3 rings (SSSR count). The number of methoxy groups -OCH3 is 2. The van der Waals surface area contributed by atoms with E-state index in [1.54, 1.807) is 39.0 Å². The van der Waals surface area contributed by atoms with Gasteiger partial charge in [-0.3, -0.25) is 20.3 Å². The molecule has 3 aromatic rings. The molecule has 18 nitrogen and oxygen atoms in total. The number of hydrogen-bond acceptors (Lipinski definition) is 14. The number of aromatic nitrogens is 2. The van der Waals surface area contributed by atoms with Crippen LogP contribution in [0, 0.1) is 16.6 Å². The Morgan fingerprint density at radius 3 is 2.32 bits per heavy atom. The molecule has 1 heterocycles. The number of nitrogens with one attached hydrogen (secondary N) is 3. The molecule has 0 radical (unpaired) electrons. The van der Waals surface area contributed by atoms with Crippen molar-refractivity contribution in [3.05, 3.63) is 84.0 Å². The van der Waals surface area contributed by atoms with E-state index in [1.165, 1.54) is 57.8 Å². The number of hydrogen-bond donors (Lipinski definition) is 4. The standard InChI is InChI=1S/C37H45FN8O10/c1-22(2)19-54-36(49)45-31(39)24-9-11-25(12-10-24)43-30(27-17-26(51-7)18-28(29(27)38)53-16-15-52-23(3)47)32(40)44-35(46-34-41-13-8-14-42-34)56-21-55-33(48)37(4,5)20-50-6/h8-14,17-18,30,43H,1,15-16,19-21H2,2-7H3,(H2,39,45,49)(H2,40,41,42,44,46)/t30-/m1/s1. The van der Waals surface area contributed by atoms with Crippen LogP contribution in [0.15, 0.2) is 77.0 Å². The molecule has 0 aliphatic heterocycles. The van der Waals surface area contributed by atoms with Gasteiger partial charge in [0.05, 0.1) is 19.1 Å². The van der Waals surface area contributed by atoms with Crippen molar-refractivity contribution in [1.29, 1.82) is 5.41 Å².